The van der Waals surface area contributed by atoms with Crippen molar-refractivity contribution in [2.75, 3.05) is 5.32 Å². The molecule has 2 aromatic carbocycles. The molecule has 0 saturated carbocycles. The van der Waals surface area contributed by atoms with Crippen LogP contribution in [0.4, 0.5) is 5.69 Å². The lowest BCUT2D eigenvalue weighted by molar-refractivity contribution is 0.0995. The van der Waals surface area contributed by atoms with Gasteiger partial charge in [0.2, 0.25) is 5.91 Å². The molecule has 2 amide bonds. The van der Waals surface area contributed by atoms with E-state index in [1.807, 2.05) is 31.2 Å². The number of carbonyl (C=O) groups excluding carboxylic acids is 2. The molecule has 0 spiro atoms. The molecule has 0 radical (unpaired) electrons. The Bertz CT molecular complexity index is 618. The van der Waals surface area contributed by atoms with Gasteiger partial charge in [-0.3, -0.25) is 9.59 Å². The summed E-state index contributed by atoms with van der Waals surface area (Å²) >= 11 is 0. The molecule has 0 aliphatic carbocycles. The molecular formula is C15H14N2O2. The summed E-state index contributed by atoms with van der Waals surface area (Å²) in [5, 5.41) is 2.82. The van der Waals surface area contributed by atoms with E-state index in [0.717, 1.165) is 11.3 Å². The lowest BCUT2D eigenvalue weighted by Gasteiger charge is -2.08. The highest BCUT2D eigenvalue weighted by molar-refractivity contribution is 6.05. The van der Waals surface area contributed by atoms with Gasteiger partial charge in [-0.2, -0.15) is 0 Å². The number of benzene rings is 2. The minimum absolute atomic E-state index is 0.217. The second-order valence-electron chi connectivity index (χ2n) is 4.21. The van der Waals surface area contributed by atoms with Gasteiger partial charge in [-0.25, -0.2) is 0 Å². The molecule has 0 heterocycles. The molecule has 96 valence electrons. The summed E-state index contributed by atoms with van der Waals surface area (Å²) in [4.78, 5) is 23.0. The number of anilines is 1. The van der Waals surface area contributed by atoms with Crippen molar-refractivity contribution in [3.8, 4) is 0 Å². The maximum atomic E-state index is 12.0. The van der Waals surface area contributed by atoms with Crippen LogP contribution in [-0.2, 0) is 0 Å². The van der Waals surface area contributed by atoms with E-state index in [9.17, 15) is 9.59 Å². The first-order valence-electron chi connectivity index (χ1n) is 5.85. The summed E-state index contributed by atoms with van der Waals surface area (Å²) in [6.45, 7) is 1.92. The smallest absolute Gasteiger partial charge is 0.255 e. The number of amides is 2. The topological polar surface area (TPSA) is 72.2 Å². The highest BCUT2D eigenvalue weighted by Gasteiger charge is 2.08. The molecule has 0 saturated heterocycles. The number of nitrogens with two attached hydrogens (primary N) is 1. The molecule has 4 nitrogen and oxygen atoms in total. The average molecular weight is 254 g/mol. The van der Waals surface area contributed by atoms with Gasteiger partial charge < -0.3 is 11.1 Å². The van der Waals surface area contributed by atoms with Crippen LogP contribution in [-0.4, -0.2) is 11.8 Å². The summed E-state index contributed by atoms with van der Waals surface area (Å²) in [6, 6.07) is 13.8. The Labute approximate surface area is 111 Å². The van der Waals surface area contributed by atoms with Crippen molar-refractivity contribution in [1.82, 2.24) is 0 Å². The Kier molecular flexibility index (Phi) is 3.61. The third kappa shape index (κ3) is 2.98. The molecule has 2 aromatic rings. The van der Waals surface area contributed by atoms with Crippen LogP contribution in [0.2, 0.25) is 0 Å². The van der Waals surface area contributed by atoms with Crippen LogP contribution in [0.15, 0.2) is 48.5 Å². The zero-order valence-corrected chi connectivity index (χ0v) is 10.5. The molecule has 0 aliphatic heterocycles. The fourth-order valence-electron chi connectivity index (χ4n) is 1.69. The van der Waals surface area contributed by atoms with E-state index in [1.165, 1.54) is 12.1 Å². The summed E-state index contributed by atoms with van der Waals surface area (Å²) in [5.74, 6) is -0.726. The second kappa shape index (κ2) is 5.35. The number of aryl methyl sites for hydroxylation is 1. The van der Waals surface area contributed by atoms with Crippen molar-refractivity contribution in [1.29, 1.82) is 0 Å². The molecule has 19 heavy (non-hydrogen) atoms. The molecule has 0 bridgehead atoms. The van der Waals surface area contributed by atoms with Gasteiger partial charge in [-0.05, 0) is 42.8 Å². The van der Waals surface area contributed by atoms with E-state index in [1.54, 1.807) is 12.1 Å². The lowest BCUT2D eigenvalue weighted by atomic mass is 10.1. The van der Waals surface area contributed by atoms with Gasteiger partial charge >= 0.3 is 0 Å². The van der Waals surface area contributed by atoms with Crippen LogP contribution in [0.5, 0.6) is 0 Å². The molecule has 3 N–H and O–H groups in total. The van der Waals surface area contributed by atoms with Gasteiger partial charge in [0.25, 0.3) is 5.91 Å². The monoisotopic (exact) mass is 254 g/mol. The van der Waals surface area contributed by atoms with Gasteiger partial charge in [0.1, 0.15) is 0 Å². The van der Waals surface area contributed by atoms with Gasteiger partial charge in [0, 0.05) is 16.8 Å². The van der Waals surface area contributed by atoms with Crippen LogP contribution < -0.4 is 11.1 Å². The third-order valence-corrected chi connectivity index (χ3v) is 2.82. The van der Waals surface area contributed by atoms with Gasteiger partial charge in [0.05, 0.1) is 0 Å². The zero-order chi connectivity index (χ0) is 13.8. The fourth-order valence-corrected chi connectivity index (χ4v) is 1.69. The number of para-hydroxylation sites is 1. The Morgan fingerprint density at radius 3 is 2.11 bits per heavy atom. The second-order valence-corrected chi connectivity index (χ2v) is 4.21. The van der Waals surface area contributed by atoms with Crippen LogP contribution in [0.25, 0.3) is 0 Å². The van der Waals surface area contributed by atoms with Crippen molar-refractivity contribution < 1.29 is 9.59 Å². The van der Waals surface area contributed by atoms with Crippen molar-refractivity contribution in [2.45, 2.75) is 6.92 Å². The van der Waals surface area contributed by atoms with E-state index in [2.05, 4.69) is 5.32 Å². The van der Waals surface area contributed by atoms with Crippen LogP contribution >= 0.6 is 0 Å². The first kappa shape index (κ1) is 12.8. The summed E-state index contributed by atoms with van der Waals surface area (Å²) in [7, 11) is 0. The van der Waals surface area contributed by atoms with E-state index in [0.29, 0.717) is 11.1 Å². The van der Waals surface area contributed by atoms with E-state index in [4.69, 9.17) is 5.73 Å². The van der Waals surface area contributed by atoms with Crippen molar-refractivity contribution >= 4 is 17.5 Å². The number of primary amides is 1. The number of hydrogen-bond donors (Lipinski definition) is 2. The number of hydrogen-bond acceptors (Lipinski definition) is 2. The molecule has 4 heteroatoms. The largest absolute Gasteiger partial charge is 0.366 e. The predicted octanol–water partition coefficient (Wildman–Crippen LogP) is 2.35. The predicted molar refractivity (Wildman–Crippen MR) is 74.1 cm³/mol. The SMILES string of the molecule is Cc1ccccc1NC(=O)c1ccc(C(N)=O)cc1. The normalized spacial score (nSPS) is 9.95. The van der Waals surface area contributed by atoms with Gasteiger partial charge in [-0.15, -0.1) is 0 Å². The maximum Gasteiger partial charge on any atom is 0.255 e. The summed E-state index contributed by atoms with van der Waals surface area (Å²) < 4.78 is 0. The maximum absolute atomic E-state index is 12.0. The zero-order valence-electron chi connectivity index (χ0n) is 10.5. The van der Waals surface area contributed by atoms with Crippen molar-refractivity contribution in [2.24, 2.45) is 5.73 Å². The molecule has 0 aromatic heterocycles. The van der Waals surface area contributed by atoms with Crippen LogP contribution in [0.3, 0.4) is 0 Å². The van der Waals surface area contributed by atoms with Crippen LogP contribution in [0, 0.1) is 6.92 Å². The minimum Gasteiger partial charge on any atom is -0.366 e. The van der Waals surface area contributed by atoms with Gasteiger partial charge in [0.15, 0.2) is 0 Å². The molecule has 0 fully saturated rings. The molecule has 0 aliphatic rings. The molecule has 2 rings (SSSR count). The van der Waals surface area contributed by atoms with Crippen molar-refractivity contribution in [3.05, 3.63) is 65.2 Å². The summed E-state index contributed by atoms with van der Waals surface area (Å²) in [5.41, 5.74) is 7.77. The Balaban J connectivity index is 2.16. The fraction of sp³-hybridized carbons (Fsp3) is 0.0667. The number of rotatable bonds is 3. The first-order valence-corrected chi connectivity index (χ1v) is 5.85. The number of carbonyl (C=O) groups is 2. The third-order valence-electron chi connectivity index (χ3n) is 2.82. The molecule has 0 unspecified atom stereocenters. The highest BCUT2D eigenvalue weighted by atomic mass is 16.2. The Hall–Kier alpha value is -2.62. The van der Waals surface area contributed by atoms with Crippen molar-refractivity contribution in [3.63, 3.8) is 0 Å². The quantitative estimate of drug-likeness (QED) is 0.882. The van der Waals surface area contributed by atoms with Gasteiger partial charge in [-0.1, -0.05) is 18.2 Å². The lowest BCUT2D eigenvalue weighted by Crippen LogP contribution is -2.14. The Morgan fingerprint density at radius 1 is 0.947 bits per heavy atom. The van der Waals surface area contributed by atoms with E-state index < -0.39 is 5.91 Å². The van der Waals surface area contributed by atoms with E-state index >= 15 is 0 Å². The van der Waals surface area contributed by atoms with E-state index in [-0.39, 0.29) is 5.91 Å². The molecule has 0 atom stereocenters. The molecular weight excluding hydrogens is 240 g/mol. The standard InChI is InChI=1S/C15H14N2O2/c1-10-4-2-3-5-13(10)17-15(19)12-8-6-11(7-9-12)14(16)18/h2-9H,1H3,(H2,16,18)(H,17,19). The minimum atomic E-state index is -0.508. The number of nitrogens with one attached hydrogen (secondary N) is 1. The Morgan fingerprint density at radius 2 is 1.53 bits per heavy atom. The average Bonchev–Trinajstić information content (AvgIpc) is 2.41. The first-order chi connectivity index (χ1) is 9.08. The highest BCUT2D eigenvalue weighted by Crippen LogP contribution is 2.14. The summed E-state index contributed by atoms with van der Waals surface area (Å²) in [6.07, 6.45) is 0. The van der Waals surface area contributed by atoms with Crippen LogP contribution in [0.1, 0.15) is 26.3 Å².